The highest BCUT2D eigenvalue weighted by Crippen LogP contribution is 2.10. The molecule has 0 unspecified atom stereocenters. The second-order valence-corrected chi connectivity index (χ2v) is 2.61. The molecule has 0 N–H and O–H groups in total. The Labute approximate surface area is 74.7 Å². The Bertz CT molecular complexity index is 328. The summed E-state index contributed by atoms with van der Waals surface area (Å²) in [7, 11) is 2.79. The van der Waals surface area contributed by atoms with E-state index in [0.29, 0.717) is 0 Å². The van der Waals surface area contributed by atoms with Crippen LogP contribution < -0.4 is 0 Å². The summed E-state index contributed by atoms with van der Waals surface area (Å²) in [4.78, 5) is 27.4. The van der Waals surface area contributed by atoms with Crippen molar-refractivity contribution in [3.63, 3.8) is 0 Å². The van der Waals surface area contributed by atoms with Crippen molar-refractivity contribution >= 4 is 17.8 Å². The molecule has 1 saturated heterocycles. The van der Waals surface area contributed by atoms with Gasteiger partial charge in [0.2, 0.25) is 0 Å². The Hall–Kier alpha value is -1.94. The Kier molecular flexibility index (Phi) is 2.00. The van der Waals surface area contributed by atoms with Gasteiger partial charge < -0.3 is 10.3 Å². The first-order valence-corrected chi connectivity index (χ1v) is 3.47. The molecule has 0 aromatic carbocycles. The van der Waals surface area contributed by atoms with Crippen LogP contribution >= 0.6 is 0 Å². The van der Waals surface area contributed by atoms with E-state index in [-0.39, 0.29) is 11.5 Å². The van der Waals surface area contributed by atoms with Crippen LogP contribution in [-0.2, 0) is 9.59 Å². The van der Waals surface area contributed by atoms with Crippen molar-refractivity contribution in [2.24, 2.45) is 0 Å². The Morgan fingerprint density at radius 2 is 1.62 bits per heavy atom. The van der Waals surface area contributed by atoms with Gasteiger partial charge in [-0.15, -0.1) is 0 Å². The molecule has 0 aromatic rings. The van der Waals surface area contributed by atoms with Crippen LogP contribution in [0.3, 0.4) is 0 Å². The van der Waals surface area contributed by atoms with Gasteiger partial charge in [0.25, 0.3) is 0 Å². The molecule has 1 heterocycles. The van der Waals surface area contributed by atoms with Crippen LogP contribution in [0, 0.1) is 0 Å². The van der Waals surface area contributed by atoms with Gasteiger partial charge >= 0.3 is 17.8 Å². The Balaban J connectivity index is 3.21. The van der Waals surface area contributed by atoms with E-state index in [2.05, 4.69) is 11.4 Å². The third-order valence-corrected chi connectivity index (χ3v) is 1.82. The first-order valence-electron chi connectivity index (χ1n) is 3.47. The molecule has 2 amide bonds. The predicted molar refractivity (Wildman–Crippen MR) is 43.3 cm³/mol. The number of likely N-dealkylation sites (N-methyl/N-ethyl adjacent to an activating group) is 2. The minimum atomic E-state index is -0.559. The second-order valence-electron chi connectivity index (χ2n) is 2.61. The average Bonchev–Trinajstić information content (AvgIpc) is 2.13. The van der Waals surface area contributed by atoms with Crippen molar-refractivity contribution in [3.05, 3.63) is 17.7 Å². The van der Waals surface area contributed by atoms with Crippen LogP contribution in [0.2, 0.25) is 0 Å². The summed E-state index contributed by atoms with van der Waals surface area (Å²) in [5.41, 5.74) is 8.38. The number of rotatable bonds is 0. The molecule has 6 nitrogen and oxygen atoms in total. The fourth-order valence-electron chi connectivity index (χ4n) is 1.04. The van der Waals surface area contributed by atoms with Crippen molar-refractivity contribution < 1.29 is 14.4 Å². The minimum absolute atomic E-state index is 0.109. The molecule has 0 spiro atoms. The number of guanidine groups is 1. The van der Waals surface area contributed by atoms with Gasteiger partial charge in [-0.1, -0.05) is 6.58 Å². The van der Waals surface area contributed by atoms with E-state index in [4.69, 9.17) is 5.53 Å². The average molecular weight is 180 g/mol. The summed E-state index contributed by atoms with van der Waals surface area (Å²) in [5.74, 6) is -1.23. The number of carbonyl (C=O) groups is 2. The maximum absolute atomic E-state index is 11.2. The largest absolute Gasteiger partial charge is 0.543 e. The number of hydrogen-bond donors (Lipinski definition) is 0. The summed E-state index contributed by atoms with van der Waals surface area (Å²) in [6.07, 6.45) is 0. The van der Waals surface area contributed by atoms with Gasteiger partial charge in [-0.3, -0.25) is 0 Å². The van der Waals surface area contributed by atoms with E-state index in [1.54, 1.807) is 0 Å². The van der Waals surface area contributed by atoms with E-state index in [9.17, 15) is 9.59 Å². The number of carbonyl (C=O) groups excluding carboxylic acids is 2. The van der Waals surface area contributed by atoms with Gasteiger partial charge in [0, 0.05) is 0 Å². The molecule has 0 aliphatic carbocycles. The van der Waals surface area contributed by atoms with Crippen LogP contribution in [0.5, 0.6) is 0 Å². The van der Waals surface area contributed by atoms with Gasteiger partial charge in [-0.25, -0.2) is 9.59 Å². The maximum atomic E-state index is 11.2. The molecular formula is C7H8N4O2. The highest BCUT2D eigenvalue weighted by atomic mass is 16.2. The highest BCUT2D eigenvalue weighted by Gasteiger charge is 2.42. The van der Waals surface area contributed by atoms with Crippen LogP contribution in [0.1, 0.15) is 0 Å². The Morgan fingerprint density at radius 3 is 1.92 bits per heavy atom. The maximum Gasteiger partial charge on any atom is 0.442 e. The monoisotopic (exact) mass is 180 g/mol. The molecule has 6 heteroatoms. The van der Waals surface area contributed by atoms with E-state index >= 15 is 0 Å². The van der Waals surface area contributed by atoms with E-state index in [1.807, 2.05) is 0 Å². The van der Waals surface area contributed by atoms with Crippen LogP contribution in [0.25, 0.3) is 5.53 Å². The first kappa shape index (κ1) is 9.15. The lowest BCUT2D eigenvalue weighted by atomic mass is 10.2. The van der Waals surface area contributed by atoms with Crippen molar-refractivity contribution in [1.29, 1.82) is 0 Å². The molecule has 1 aliphatic heterocycles. The first-order chi connectivity index (χ1) is 6.00. The van der Waals surface area contributed by atoms with E-state index in [1.165, 1.54) is 14.1 Å². The van der Waals surface area contributed by atoms with Crippen LogP contribution in [0.4, 0.5) is 0 Å². The molecule has 0 atom stereocenters. The third-order valence-electron chi connectivity index (χ3n) is 1.82. The Morgan fingerprint density at radius 1 is 1.23 bits per heavy atom. The molecule has 1 rings (SSSR count). The van der Waals surface area contributed by atoms with Crippen molar-refractivity contribution in [1.82, 2.24) is 9.80 Å². The van der Waals surface area contributed by atoms with Gasteiger partial charge in [0.05, 0.1) is 14.1 Å². The number of nitrogens with zero attached hydrogens (tertiary/aromatic N) is 4. The zero-order valence-electron chi connectivity index (χ0n) is 7.31. The molecule has 1 aliphatic rings. The predicted octanol–water partition coefficient (Wildman–Crippen LogP) is -0.941. The third kappa shape index (κ3) is 1.13. The van der Waals surface area contributed by atoms with Crippen molar-refractivity contribution in [2.45, 2.75) is 0 Å². The summed E-state index contributed by atoms with van der Waals surface area (Å²) >= 11 is 0. The van der Waals surface area contributed by atoms with Crippen LogP contribution in [0.15, 0.2) is 12.2 Å². The van der Waals surface area contributed by atoms with Gasteiger partial charge in [0.1, 0.15) is 5.57 Å². The van der Waals surface area contributed by atoms with Gasteiger partial charge in [-0.2, -0.15) is 9.80 Å². The van der Waals surface area contributed by atoms with Crippen LogP contribution in [-0.4, -0.2) is 46.5 Å². The smallest absolute Gasteiger partial charge is 0.442 e. The lowest BCUT2D eigenvalue weighted by Gasteiger charge is -2.22. The fraction of sp³-hybridized carbons (Fsp3) is 0.286. The lowest BCUT2D eigenvalue weighted by Crippen LogP contribution is -2.54. The highest BCUT2D eigenvalue weighted by molar-refractivity contribution is 6.28. The molecule has 1 fully saturated rings. The molecule has 0 saturated carbocycles. The number of hydrogen-bond acceptors (Lipinski definition) is 2. The van der Waals surface area contributed by atoms with Gasteiger partial charge in [-0.05, 0) is 0 Å². The molecule has 68 valence electrons. The molecule has 0 aromatic heterocycles. The minimum Gasteiger partial charge on any atom is -0.543 e. The quantitative estimate of drug-likeness (QED) is 0.209. The van der Waals surface area contributed by atoms with E-state index in [0.717, 1.165) is 9.80 Å². The summed E-state index contributed by atoms with van der Waals surface area (Å²) < 4.78 is 0. The van der Waals surface area contributed by atoms with Gasteiger partial charge in [0.15, 0.2) is 0 Å². The summed E-state index contributed by atoms with van der Waals surface area (Å²) in [6, 6.07) is 0. The molecular weight excluding hydrogens is 172 g/mol. The topological polar surface area (TPSA) is 77.0 Å². The lowest BCUT2D eigenvalue weighted by molar-refractivity contribution is -0.138. The number of amides is 2. The SMILES string of the molecule is C=C1C(=O)N(C)C(=[N+]=[N-])N(C)C1=O. The zero-order valence-corrected chi connectivity index (χ0v) is 7.31. The zero-order chi connectivity index (χ0) is 10.2. The van der Waals surface area contributed by atoms with Crippen molar-refractivity contribution in [2.75, 3.05) is 14.1 Å². The molecule has 0 bridgehead atoms. The van der Waals surface area contributed by atoms with E-state index < -0.39 is 11.8 Å². The summed E-state index contributed by atoms with van der Waals surface area (Å²) in [6.45, 7) is 3.33. The standard InChI is InChI=1S/C7H8N4O2/c1-4-5(12)10(2)7(9-8)11(3)6(4)13/h1H2,2-3H3. The molecule has 13 heavy (non-hydrogen) atoms. The van der Waals surface area contributed by atoms with Crippen molar-refractivity contribution in [3.8, 4) is 0 Å². The molecule has 0 radical (unpaired) electrons. The normalized spacial score (nSPS) is 18.0. The second kappa shape index (κ2) is 2.84. The summed E-state index contributed by atoms with van der Waals surface area (Å²) in [5, 5.41) is 0. The fourth-order valence-corrected chi connectivity index (χ4v) is 1.04.